The molecule has 19 heavy (non-hydrogen) atoms. The van der Waals surface area contributed by atoms with Gasteiger partial charge in [0, 0.05) is 0 Å². The fourth-order valence-corrected chi connectivity index (χ4v) is 2.70. The molecule has 0 saturated carbocycles. The second-order valence-electron chi connectivity index (χ2n) is 4.35. The van der Waals surface area contributed by atoms with Crippen LogP contribution in [-0.2, 0) is 0 Å². The maximum absolute atomic E-state index is 5.73. The number of hydrogen-bond donors (Lipinski definition) is 2. The fourth-order valence-electron chi connectivity index (χ4n) is 2.14. The van der Waals surface area contributed by atoms with Crippen molar-refractivity contribution in [1.29, 1.82) is 0 Å². The predicted octanol–water partition coefficient (Wildman–Crippen LogP) is 3.32. The van der Waals surface area contributed by atoms with E-state index in [4.69, 9.17) is 10.6 Å². The lowest BCUT2D eigenvalue weighted by Gasteiger charge is -2.19. The first-order valence-electron chi connectivity index (χ1n) is 6.02. The lowest BCUT2D eigenvalue weighted by molar-refractivity contribution is 0.411. The molecular weight excluding hydrogens is 304 g/mol. The van der Waals surface area contributed by atoms with E-state index in [1.165, 1.54) is 11.1 Å². The zero-order valence-electron chi connectivity index (χ0n) is 11.0. The Morgan fingerprint density at radius 2 is 1.95 bits per heavy atom. The number of nitrogens with two attached hydrogens (primary N) is 1. The SMILES string of the molecule is COc1ccc(C(NN)c2ccccc2C)cc1Br. The van der Waals surface area contributed by atoms with Gasteiger partial charge in [-0.1, -0.05) is 30.3 Å². The first kappa shape index (κ1) is 14.1. The highest BCUT2D eigenvalue weighted by Crippen LogP contribution is 2.31. The summed E-state index contributed by atoms with van der Waals surface area (Å²) < 4.78 is 6.16. The maximum atomic E-state index is 5.73. The van der Waals surface area contributed by atoms with E-state index < -0.39 is 0 Å². The smallest absolute Gasteiger partial charge is 0.133 e. The van der Waals surface area contributed by atoms with Gasteiger partial charge >= 0.3 is 0 Å². The Labute approximate surface area is 121 Å². The summed E-state index contributed by atoms with van der Waals surface area (Å²) in [5.74, 6) is 6.54. The average molecular weight is 321 g/mol. The molecule has 0 aliphatic heterocycles. The summed E-state index contributed by atoms with van der Waals surface area (Å²) in [6.45, 7) is 2.08. The predicted molar refractivity (Wildman–Crippen MR) is 81.0 cm³/mol. The van der Waals surface area contributed by atoms with E-state index in [0.29, 0.717) is 0 Å². The van der Waals surface area contributed by atoms with E-state index in [1.54, 1.807) is 7.11 Å². The zero-order chi connectivity index (χ0) is 13.8. The minimum absolute atomic E-state index is 0.0385. The van der Waals surface area contributed by atoms with Crippen LogP contribution in [0, 0.1) is 6.92 Å². The van der Waals surface area contributed by atoms with Crippen molar-refractivity contribution < 1.29 is 4.74 Å². The molecule has 0 spiro atoms. The molecule has 0 heterocycles. The molecule has 0 amide bonds. The Bertz CT molecular complexity index is 572. The Hall–Kier alpha value is -1.36. The van der Waals surface area contributed by atoms with Crippen LogP contribution in [0.1, 0.15) is 22.7 Å². The van der Waals surface area contributed by atoms with E-state index >= 15 is 0 Å². The van der Waals surface area contributed by atoms with Crippen LogP contribution in [0.25, 0.3) is 0 Å². The first-order valence-corrected chi connectivity index (χ1v) is 6.81. The van der Waals surface area contributed by atoms with Crippen molar-refractivity contribution in [2.24, 2.45) is 5.84 Å². The second-order valence-corrected chi connectivity index (χ2v) is 5.20. The summed E-state index contributed by atoms with van der Waals surface area (Å²) in [4.78, 5) is 0. The highest BCUT2D eigenvalue weighted by atomic mass is 79.9. The van der Waals surface area contributed by atoms with Crippen LogP contribution < -0.4 is 16.0 Å². The largest absolute Gasteiger partial charge is 0.496 e. The van der Waals surface area contributed by atoms with E-state index in [2.05, 4.69) is 40.4 Å². The van der Waals surface area contributed by atoms with Crippen molar-refractivity contribution in [3.8, 4) is 5.75 Å². The zero-order valence-corrected chi connectivity index (χ0v) is 12.6. The van der Waals surface area contributed by atoms with Crippen LogP contribution in [0.2, 0.25) is 0 Å². The van der Waals surface area contributed by atoms with Gasteiger partial charge in [-0.05, 0) is 51.7 Å². The molecule has 4 heteroatoms. The van der Waals surface area contributed by atoms with Crippen molar-refractivity contribution in [2.75, 3.05) is 7.11 Å². The van der Waals surface area contributed by atoms with Gasteiger partial charge in [0.15, 0.2) is 0 Å². The number of hydrazine groups is 1. The summed E-state index contributed by atoms with van der Waals surface area (Å²) in [7, 11) is 1.65. The van der Waals surface area contributed by atoms with Gasteiger partial charge in [0.1, 0.15) is 5.75 Å². The topological polar surface area (TPSA) is 47.3 Å². The standard InChI is InChI=1S/C15H17BrN2O/c1-10-5-3-4-6-12(10)15(18-17)11-7-8-14(19-2)13(16)9-11/h3-9,15,18H,17H2,1-2H3. The van der Waals surface area contributed by atoms with Gasteiger partial charge in [-0.2, -0.15) is 0 Å². The number of methoxy groups -OCH3 is 1. The molecule has 1 unspecified atom stereocenters. The number of aryl methyl sites for hydroxylation is 1. The fraction of sp³-hybridized carbons (Fsp3) is 0.200. The normalized spacial score (nSPS) is 12.2. The van der Waals surface area contributed by atoms with Crippen LogP contribution in [0.3, 0.4) is 0 Å². The molecule has 3 N–H and O–H groups in total. The van der Waals surface area contributed by atoms with Gasteiger partial charge in [0.05, 0.1) is 17.6 Å². The van der Waals surface area contributed by atoms with E-state index in [0.717, 1.165) is 15.8 Å². The summed E-state index contributed by atoms with van der Waals surface area (Å²) in [5.41, 5.74) is 6.34. The van der Waals surface area contributed by atoms with Crippen LogP contribution in [0.15, 0.2) is 46.9 Å². The van der Waals surface area contributed by atoms with Crippen molar-refractivity contribution in [1.82, 2.24) is 5.43 Å². The molecule has 2 aromatic rings. The van der Waals surface area contributed by atoms with E-state index in [-0.39, 0.29) is 6.04 Å². The van der Waals surface area contributed by atoms with Gasteiger partial charge in [0.25, 0.3) is 0 Å². The molecule has 2 rings (SSSR count). The van der Waals surface area contributed by atoms with Crippen molar-refractivity contribution in [2.45, 2.75) is 13.0 Å². The molecule has 1 atom stereocenters. The Kier molecular flexibility index (Phi) is 4.58. The number of rotatable bonds is 4. The molecular formula is C15H17BrN2O. The molecule has 0 aliphatic rings. The third-order valence-corrected chi connectivity index (χ3v) is 3.80. The maximum Gasteiger partial charge on any atom is 0.133 e. The van der Waals surface area contributed by atoms with Crippen LogP contribution in [0.4, 0.5) is 0 Å². The molecule has 3 nitrogen and oxygen atoms in total. The first-order chi connectivity index (χ1) is 9.17. The molecule has 0 radical (unpaired) electrons. The third-order valence-electron chi connectivity index (χ3n) is 3.18. The second kappa shape index (κ2) is 6.19. The van der Waals surface area contributed by atoms with Gasteiger partial charge in [-0.3, -0.25) is 5.84 Å². The van der Waals surface area contributed by atoms with Gasteiger partial charge in [-0.15, -0.1) is 0 Å². The molecule has 0 aliphatic carbocycles. The monoisotopic (exact) mass is 320 g/mol. The Morgan fingerprint density at radius 1 is 1.21 bits per heavy atom. The molecule has 0 saturated heterocycles. The van der Waals surface area contributed by atoms with Gasteiger partial charge in [-0.25, -0.2) is 5.43 Å². The molecule has 2 aromatic carbocycles. The average Bonchev–Trinajstić information content (AvgIpc) is 2.42. The lowest BCUT2D eigenvalue weighted by Crippen LogP contribution is -2.29. The third kappa shape index (κ3) is 2.97. The summed E-state index contributed by atoms with van der Waals surface area (Å²) in [6.07, 6.45) is 0. The Balaban J connectivity index is 2.43. The molecule has 100 valence electrons. The molecule has 0 bridgehead atoms. The summed E-state index contributed by atoms with van der Waals surface area (Å²) >= 11 is 3.50. The highest BCUT2D eigenvalue weighted by Gasteiger charge is 2.15. The number of nitrogens with one attached hydrogen (secondary N) is 1. The van der Waals surface area contributed by atoms with Gasteiger partial charge < -0.3 is 4.74 Å². The number of benzene rings is 2. The van der Waals surface area contributed by atoms with Crippen molar-refractivity contribution >= 4 is 15.9 Å². The quantitative estimate of drug-likeness (QED) is 0.671. The van der Waals surface area contributed by atoms with Crippen molar-refractivity contribution in [3.05, 3.63) is 63.6 Å². The van der Waals surface area contributed by atoms with E-state index in [9.17, 15) is 0 Å². The van der Waals surface area contributed by atoms with Crippen LogP contribution >= 0.6 is 15.9 Å². The Morgan fingerprint density at radius 3 is 2.53 bits per heavy atom. The number of ether oxygens (including phenoxy) is 1. The number of halogens is 1. The minimum atomic E-state index is -0.0385. The van der Waals surface area contributed by atoms with E-state index in [1.807, 2.05) is 30.3 Å². The summed E-state index contributed by atoms with van der Waals surface area (Å²) in [6, 6.07) is 14.1. The molecule has 0 aromatic heterocycles. The van der Waals surface area contributed by atoms with Gasteiger partial charge in [0.2, 0.25) is 0 Å². The molecule has 0 fully saturated rings. The van der Waals surface area contributed by atoms with Crippen molar-refractivity contribution in [3.63, 3.8) is 0 Å². The van der Waals surface area contributed by atoms with Crippen LogP contribution in [0.5, 0.6) is 5.75 Å². The minimum Gasteiger partial charge on any atom is -0.496 e. The lowest BCUT2D eigenvalue weighted by atomic mass is 9.95. The van der Waals surface area contributed by atoms with Crippen LogP contribution in [-0.4, -0.2) is 7.11 Å². The number of hydrogen-bond acceptors (Lipinski definition) is 3. The highest BCUT2D eigenvalue weighted by molar-refractivity contribution is 9.10. The summed E-state index contributed by atoms with van der Waals surface area (Å²) in [5, 5.41) is 0.